The van der Waals surface area contributed by atoms with Crippen LogP contribution in [-0.4, -0.2) is 55.1 Å². The summed E-state index contributed by atoms with van der Waals surface area (Å²) in [5.41, 5.74) is -2.90. The minimum absolute atomic E-state index is 0.0257. The van der Waals surface area contributed by atoms with E-state index in [0.29, 0.717) is 49.0 Å². The van der Waals surface area contributed by atoms with E-state index in [1.165, 1.54) is 24.1 Å². The van der Waals surface area contributed by atoms with Crippen molar-refractivity contribution in [3.8, 4) is 0 Å². The van der Waals surface area contributed by atoms with Crippen LogP contribution in [0.15, 0.2) is 83.7 Å². The van der Waals surface area contributed by atoms with Crippen LogP contribution in [-0.2, 0) is 45.9 Å². The van der Waals surface area contributed by atoms with Crippen molar-refractivity contribution < 1.29 is 53.8 Å². The smallest absolute Gasteiger partial charge is 0.416 e. The molecule has 5 rings (SSSR count). The highest BCUT2D eigenvalue weighted by atomic mass is 32.2. The molecule has 1 saturated carbocycles. The van der Waals surface area contributed by atoms with E-state index in [1.807, 2.05) is 48.4 Å². The van der Waals surface area contributed by atoms with Crippen LogP contribution < -0.4 is 10.2 Å². The second-order valence-corrected chi connectivity index (χ2v) is 16.0. The Bertz CT molecular complexity index is 1910. The molecule has 1 aliphatic heterocycles. The third-order valence-corrected chi connectivity index (χ3v) is 11.3. The molecule has 328 valence electrons. The second kappa shape index (κ2) is 20.3. The van der Waals surface area contributed by atoms with Gasteiger partial charge in [0.25, 0.3) is 0 Å². The first-order valence-electron chi connectivity index (χ1n) is 19.7. The van der Waals surface area contributed by atoms with E-state index < -0.39 is 41.3 Å². The van der Waals surface area contributed by atoms with Crippen LogP contribution >= 0.6 is 11.8 Å². The van der Waals surface area contributed by atoms with Crippen molar-refractivity contribution in [3.05, 3.63) is 112 Å². The summed E-state index contributed by atoms with van der Waals surface area (Å²) in [7, 11) is 0. The van der Waals surface area contributed by atoms with E-state index in [1.54, 1.807) is 11.8 Å². The van der Waals surface area contributed by atoms with Crippen LogP contribution in [0.25, 0.3) is 0 Å². The highest BCUT2D eigenvalue weighted by Crippen LogP contribution is 2.40. The van der Waals surface area contributed by atoms with E-state index in [-0.39, 0.29) is 67.1 Å². The summed E-state index contributed by atoms with van der Waals surface area (Å²) in [6.07, 6.45) is -8.40. The number of thioether (sulfide) groups is 1. The van der Waals surface area contributed by atoms with Gasteiger partial charge < -0.3 is 24.6 Å². The van der Waals surface area contributed by atoms with Crippen LogP contribution in [0.4, 0.5) is 45.2 Å². The molecule has 17 heteroatoms. The number of carbonyl (C=O) groups excluding carboxylic acids is 1. The average molecular weight is 873 g/mol. The number of carbonyl (C=O) groups is 1. The molecule has 7 nitrogen and oxygen atoms in total. The molecule has 1 aliphatic carbocycles. The van der Waals surface area contributed by atoms with Crippen molar-refractivity contribution in [1.82, 2.24) is 10.2 Å². The number of ether oxygens (including phenoxy) is 2. The van der Waals surface area contributed by atoms with Crippen molar-refractivity contribution in [2.45, 2.75) is 83.7 Å². The van der Waals surface area contributed by atoms with E-state index >= 15 is 0 Å². The number of esters is 1. The lowest BCUT2D eigenvalue weighted by Crippen LogP contribution is -2.45. The molecule has 0 saturated heterocycles. The van der Waals surface area contributed by atoms with Gasteiger partial charge in [0.05, 0.1) is 42.1 Å². The van der Waals surface area contributed by atoms with Crippen LogP contribution in [0.2, 0.25) is 0 Å². The molecule has 2 aliphatic rings. The van der Waals surface area contributed by atoms with E-state index in [0.717, 1.165) is 43.4 Å². The Balaban J connectivity index is 1.43. The minimum atomic E-state index is -5.12. The molecule has 3 aromatic carbocycles. The molecule has 3 aromatic rings. The normalized spacial score (nSPS) is 17.9. The van der Waals surface area contributed by atoms with E-state index in [4.69, 9.17) is 9.47 Å². The second-order valence-electron chi connectivity index (χ2n) is 15.0. The molecule has 0 spiro atoms. The first kappa shape index (κ1) is 46.5. The Morgan fingerprint density at radius 1 is 0.867 bits per heavy atom. The van der Waals surface area contributed by atoms with Crippen molar-refractivity contribution in [3.63, 3.8) is 0 Å². The van der Waals surface area contributed by atoms with Gasteiger partial charge >= 0.3 is 24.5 Å². The maximum Gasteiger partial charge on any atom is 0.416 e. The number of guanidine groups is 1. The number of rotatable bonds is 16. The summed E-state index contributed by atoms with van der Waals surface area (Å²) >= 11 is 1.55. The molecule has 1 N–H and O–H groups in total. The fourth-order valence-corrected chi connectivity index (χ4v) is 7.70. The first-order chi connectivity index (χ1) is 28.3. The molecule has 0 bridgehead atoms. The van der Waals surface area contributed by atoms with E-state index in [9.17, 15) is 44.3 Å². The molecular weight excluding hydrogens is 824 g/mol. The zero-order valence-electron chi connectivity index (χ0n) is 33.5. The minimum Gasteiger partial charge on any atom is -0.494 e. The predicted octanol–water partition coefficient (Wildman–Crippen LogP) is 11.3. The Hall–Kier alpha value is -4.54. The molecule has 0 amide bonds. The van der Waals surface area contributed by atoms with Crippen LogP contribution in [0.5, 0.6) is 0 Å². The highest BCUT2D eigenvalue weighted by Gasteiger charge is 2.39. The van der Waals surface area contributed by atoms with Gasteiger partial charge in [-0.05, 0) is 111 Å². The van der Waals surface area contributed by atoms with Gasteiger partial charge in [0.1, 0.15) is 12.4 Å². The number of benzene rings is 3. The zero-order chi connectivity index (χ0) is 43.7. The maximum atomic E-state index is 14.3. The lowest BCUT2D eigenvalue weighted by atomic mass is 9.80. The van der Waals surface area contributed by atoms with Crippen LogP contribution in [0, 0.1) is 11.8 Å². The van der Waals surface area contributed by atoms with Gasteiger partial charge in [0.15, 0.2) is 5.96 Å². The quantitative estimate of drug-likeness (QED) is 0.0874. The van der Waals surface area contributed by atoms with Crippen molar-refractivity contribution in [2.75, 3.05) is 43.1 Å². The summed E-state index contributed by atoms with van der Waals surface area (Å²) in [6, 6.07) is 12.7. The third-order valence-electron chi connectivity index (χ3n) is 10.8. The number of alkyl halides is 9. The summed E-state index contributed by atoms with van der Waals surface area (Å²) in [5.74, 6) is 1.10. The number of hydrogen-bond donors (Lipinski definition) is 1. The first-order valence-corrected chi connectivity index (χ1v) is 21.1. The molecule has 1 unspecified atom stereocenters. The van der Waals surface area contributed by atoms with Gasteiger partial charge in [0, 0.05) is 37.5 Å². The predicted molar refractivity (Wildman–Crippen MR) is 214 cm³/mol. The Kier molecular flexibility index (Phi) is 15.8. The lowest BCUT2D eigenvalue weighted by Gasteiger charge is -2.37. The fourth-order valence-electron chi connectivity index (χ4n) is 7.45. The zero-order valence-corrected chi connectivity index (χ0v) is 34.3. The highest BCUT2D eigenvalue weighted by molar-refractivity contribution is 7.98. The lowest BCUT2D eigenvalue weighted by molar-refractivity contribution is -0.146. The molecule has 1 heterocycles. The van der Waals surface area contributed by atoms with E-state index in [2.05, 4.69) is 10.3 Å². The summed E-state index contributed by atoms with van der Waals surface area (Å²) in [5, 5.41) is 3.03. The van der Waals surface area contributed by atoms with Gasteiger partial charge in [-0.15, -0.1) is 0 Å². The monoisotopic (exact) mass is 872 g/mol. The van der Waals surface area contributed by atoms with Crippen molar-refractivity contribution >= 4 is 29.4 Å². The summed E-state index contributed by atoms with van der Waals surface area (Å²) in [4.78, 5) is 20.3. The molecule has 1 fully saturated rings. The van der Waals surface area contributed by atoms with Gasteiger partial charge in [-0.2, -0.15) is 51.3 Å². The molecule has 1 atom stereocenters. The summed E-state index contributed by atoms with van der Waals surface area (Å²) < 4.78 is 138. The van der Waals surface area contributed by atoms with Crippen molar-refractivity contribution in [2.24, 2.45) is 16.8 Å². The van der Waals surface area contributed by atoms with Gasteiger partial charge in [-0.3, -0.25) is 4.79 Å². The van der Waals surface area contributed by atoms with Crippen LogP contribution in [0.1, 0.15) is 85.4 Å². The largest absolute Gasteiger partial charge is 0.494 e. The molecule has 0 radical (unpaired) electrons. The Morgan fingerprint density at radius 2 is 1.50 bits per heavy atom. The Labute approximate surface area is 348 Å². The standard InChI is InChI=1S/C43H49F9N4O3S/c1-4-55(25-30-12-10-29(11-13-30)18-39(57)59-27-31-8-6-5-7-9-31)38-15-14-34(41(44,45)46)21-33(38)26-56(40-53-23-37(24-54-40)58-16-17-60-3)28(2)32-19-35(42(47,48)49)22-36(20-32)43(50,51)52/h5-9,14-15,19-23,28-30H,4,10-13,16-18,24-27H2,1-3H3,(H,53,54)/t28?,29-,30-. The summed E-state index contributed by atoms with van der Waals surface area (Å²) in [6.45, 7) is 4.34. The number of hydrogen-bond acceptors (Lipinski definition) is 8. The van der Waals surface area contributed by atoms with Crippen LogP contribution in [0.3, 0.4) is 0 Å². The molecule has 60 heavy (non-hydrogen) atoms. The van der Waals surface area contributed by atoms with Gasteiger partial charge in [-0.25, -0.2) is 4.99 Å². The Morgan fingerprint density at radius 3 is 2.07 bits per heavy atom. The molecular formula is C43H49F9N4O3S. The molecule has 0 aromatic heterocycles. The number of halogens is 9. The van der Waals surface area contributed by atoms with Crippen molar-refractivity contribution in [1.29, 1.82) is 0 Å². The number of nitrogens with one attached hydrogen (secondary N) is 1. The van der Waals surface area contributed by atoms with Gasteiger partial charge in [0.2, 0.25) is 0 Å². The number of anilines is 1. The average Bonchev–Trinajstić information content (AvgIpc) is 3.21. The maximum absolute atomic E-state index is 14.3. The third kappa shape index (κ3) is 13.0. The SMILES string of the molecule is CCN(C[C@H]1CC[C@H](CC(=O)OCc2ccccc2)CC1)c1ccc(C(F)(F)F)cc1CN(C1=NC=C(OCCSC)CN1)C(C)c1cc(C(F)(F)F)cc(C(F)(F)F)c1. The fraction of sp³-hybridized carbons (Fsp3) is 0.488. The van der Waals surface area contributed by atoms with Gasteiger partial charge in [-0.1, -0.05) is 30.3 Å². The number of aliphatic imine (C=N–C) groups is 1. The number of nitrogens with zero attached hydrogens (tertiary/aromatic N) is 3. The topological polar surface area (TPSA) is 66.4 Å².